The molecule has 1 atom stereocenters. The van der Waals surface area contributed by atoms with Crippen LogP contribution in [0.2, 0.25) is 5.02 Å². The molecule has 0 aliphatic carbocycles. The molecule has 0 amide bonds. The van der Waals surface area contributed by atoms with Gasteiger partial charge in [-0.25, -0.2) is 0 Å². The van der Waals surface area contributed by atoms with Crippen molar-refractivity contribution >= 4 is 17.4 Å². The SMILES string of the molecule is CC(C(=O)c1cccc(Cl)c1)N1CCC(C)(C)C1. The zero-order chi connectivity index (χ0) is 13.3. The number of nitrogens with zero attached hydrogens (tertiary/aromatic N) is 1. The van der Waals surface area contributed by atoms with Crippen LogP contribution < -0.4 is 0 Å². The fraction of sp³-hybridized carbons (Fsp3) is 0.533. The Balaban J connectivity index is 2.10. The Morgan fingerprint density at radius 1 is 1.44 bits per heavy atom. The van der Waals surface area contributed by atoms with Crippen LogP contribution in [0.15, 0.2) is 24.3 Å². The monoisotopic (exact) mass is 265 g/mol. The molecule has 2 rings (SSSR count). The van der Waals surface area contributed by atoms with Crippen LogP contribution in [0.3, 0.4) is 0 Å². The number of halogens is 1. The minimum absolute atomic E-state index is 0.0646. The van der Waals surface area contributed by atoms with E-state index in [0.29, 0.717) is 16.0 Å². The Hall–Kier alpha value is -0.860. The zero-order valence-electron chi connectivity index (χ0n) is 11.2. The number of Topliss-reactive ketones (excluding diaryl/α,β-unsaturated/α-hetero) is 1. The van der Waals surface area contributed by atoms with Gasteiger partial charge in [0, 0.05) is 17.1 Å². The molecule has 0 N–H and O–H groups in total. The molecule has 1 fully saturated rings. The molecule has 1 aromatic rings. The van der Waals surface area contributed by atoms with Gasteiger partial charge in [-0.1, -0.05) is 37.6 Å². The Bertz CT molecular complexity index is 456. The quantitative estimate of drug-likeness (QED) is 0.778. The summed E-state index contributed by atoms with van der Waals surface area (Å²) in [5.74, 6) is 0.162. The van der Waals surface area contributed by atoms with E-state index in [4.69, 9.17) is 11.6 Å². The van der Waals surface area contributed by atoms with Crippen molar-refractivity contribution in [1.29, 1.82) is 0 Å². The molecular weight excluding hydrogens is 246 g/mol. The summed E-state index contributed by atoms with van der Waals surface area (Å²) >= 11 is 5.93. The maximum atomic E-state index is 12.4. The van der Waals surface area contributed by atoms with E-state index >= 15 is 0 Å². The van der Waals surface area contributed by atoms with E-state index in [9.17, 15) is 4.79 Å². The van der Waals surface area contributed by atoms with Gasteiger partial charge >= 0.3 is 0 Å². The van der Waals surface area contributed by atoms with Gasteiger partial charge < -0.3 is 0 Å². The lowest BCUT2D eigenvalue weighted by molar-refractivity contribution is 0.0857. The van der Waals surface area contributed by atoms with Gasteiger partial charge in [-0.15, -0.1) is 0 Å². The van der Waals surface area contributed by atoms with Crippen molar-refractivity contribution in [3.63, 3.8) is 0 Å². The molecule has 1 aliphatic heterocycles. The molecule has 0 spiro atoms. The number of ketones is 1. The van der Waals surface area contributed by atoms with E-state index in [0.717, 1.165) is 19.5 Å². The summed E-state index contributed by atoms with van der Waals surface area (Å²) < 4.78 is 0. The van der Waals surface area contributed by atoms with Crippen LogP contribution >= 0.6 is 11.6 Å². The van der Waals surface area contributed by atoms with Crippen LogP contribution in [-0.4, -0.2) is 29.8 Å². The summed E-state index contributed by atoms with van der Waals surface area (Å²) in [4.78, 5) is 14.7. The molecule has 0 aromatic heterocycles. The van der Waals surface area contributed by atoms with Crippen molar-refractivity contribution in [2.45, 2.75) is 33.2 Å². The van der Waals surface area contributed by atoms with Crippen LogP contribution in [-0.2, 0) is 0 Å². The second-order valence-electron chi connectivity index (χ2n) is 5.94. The molecule has 0 saturated carbocycles. The molecule has 1 saturated heterocycles. The average Bonchev–Trinajstić information content (AvgIpc) is 2.68. The predicted molar refractivity (Wildman–Crippen MR) is 75.2 cm³/mol. The molecule has 0 radical (unpaired) electrons. The predicted octanol–water partition coefficient (Wildman–Crippen LogP) is 3.64. The molecule has 1 aromatic carbocycles. The van der Waals surface area contributed by atoms with Gasteiger partial charge in [0.15, 0.2) is 5.78 Å². The smallest absolute Gasteiger partial charge is 0.179 e. The average molecular weight is 266 g/mol. The Morgan fingerprint density at radius 3 is 2.72 bits per heavy atom. The largest absolute Gasteiger partial charge is 0.293 e. The van der Waals surface area contributed by atoms with E-state index in [1.54, 1.807) is 12.1 Å². The number of carbonyl (C=O) groups is 1. The van der Waals surface area contributed by atoms with Crippen molar-refractivity contribution in [2.75, 3.05) is 13.1 Å². The van der Waals surface area contributed by atoms with Gasteiger partial charge in [0.2, 0.25) is 0 Å². The normalized spacial score (nSPS) is 20.9. The first-order chi connectivity index (χ1) is 8.39. The third-order valence-electron chi connectivity index (χ3n) is 3.74. The van der Waals surface area contributed by atoms with Crippen molar-refractivity contribution < 1.29 is 4.79 Å². The van der Waals surface area contributed by atoms with Gasteiger partial charge in [0.1, 0.15) is 0 Å². The molecule has 1 aliphatic rings. The molecule has 2 nitrogen and oxygen atoms in total. The van der Waals surface area contributed by atoms with Crippen LogP contribution in [0.5, 0.6) is 0 Å². The molecule has 98 valence electrons. The van der Waals surface area contributed by atoms with Crippen molar-refractivity contribution in [3.05, 3.63) is 34.9 Å². The lowest BCUT2D eigenvalue weighted by Gasteiger charge is -2.25. The Labute approximate surface area is 114 Å². The van der Waals surface area contributed by atoms with E-state index in [-0.39, 0.29) is 11.8 Å². The summed E-state index contributed by atoms with van der Waals surface area (Å²) in [6, 6.07) is 7.15. The fourth-order valence-electron chi connectivity index (χ4n) is 2.53. The maximum Gasteiger partial charge on any atom is 0.179 e. The van der Waals surface area contributed by atoms with Crippen LogP contribution in [0.1, 0.15) is 37.6 Å². The number of hydrogen-bond acceptors (Lipinski definition) is 2. The summed E-state index contributed by atoms with van der Waals surface area (Å²) in [7, 11) is 0. The van der Waals surface area contributed by atoms with E-state index in [2.05, 4.69) is 18.7 Å². The van der Waals surface area contributed by atoms with Crippen LogP contribution in [0.4, 0.5) is 0 Å². The molecule has 1 unspecified atom stereocenters. The number of rotatable bonds is 3. The van der Waals surface area contributed by atoms with E-state index < -0.39 is 0 Å². The molecular formula is C15H20ClNO. The third-order valence-corrected chi connectivity index (χ3v) is 3.98. The second kappa shape index (κ2) is 5.02. The first-order valence-electron chi connectivity index (χ1n) is 6.43. The molecule has 1 heterocycles. The van der Waals surface area contributed by atoms with Gasteiger partial charge in [-0.2, -0.15) is 0 Å². The minimum Gasteiger partial charge on any atom is -0.293 e. The highest BCUT2D eigenvalue weighted by molar-refractivity contribution is 6.31. The highest BCUT2D eigenvalue weighted by Crippen LogP contribution is 2.30. The fourth-order valence-corrected chi connectivity index (χ4v) is 2.72. The highest BCUT2D eigenvalue weighted by Gasteiger charge is 2.34. The van der Waals surface area contributed by atoms with E-state index in [1.165, 1.54) is 0 Å². The molecule has 3 heteroatoms. The highest BCUT2D eigenvalue weighted by atomic mass is 35.5. The second-order valence-corrected chi connectivity index (χ2v) is 6.37. The summed E-state index contributed by atoms with van der Waals surface area (Å²) in [6.07, 6.45) is 1.15. The van der Waals surface area contributed by atoms with Gasteiger partial charge in [0.25, 0.3) is 0 Å². The first kappa shape index (κ1) is 13.6. The van der Waals surface area contributed by atoms with E-state index in [1.807, 2.05) is 19.1 Å². The lowest BCUT2D eigenvalue weighted by atomic mass is 9.93. The van der Waals surface area contributed by atoms with Gasteiger partial charge in [-0.3, -0.25) is 9.69 Å². The topological polar surface area (TPSA) is 20.3 Å². The van der Waals surface area contributed by atoms with Crippen LogP contribution in [0.25, 0.3) is 0 Å². The molecule has 0 bridgehead atoms. The first-order valence-corrected chi connectivity index (χ1v) is 6.81. The lowest BCUT2D eigenvalue weighted by Crippen LogP contribution is -2.38. The maximum absolute atomic E-state index is 12.4. The Morgan fingerprint density at radius 2 is 2.17 bits per heavy atom. The summed E-state index contributed by atoms with van der Waals surface area (Å²) in [5, 5.41) is 0.620. The van der Waals surface area contributed by atoms with Crippen LogP contribution in [0, 0.1) is 5.41 Å². The number of likely N-dealkylation sites (tertiary alicyclic amines) is 1. The zero-order valence-corrected chi connectivity index (χ0v) is 12.0. The standard InChI is InChI=1S/C15H20ClNO/c1-11(17-8-7-15(2,3)10-17)14(18)12-5-4-6-13(16)9-12/h4-6,9,11H,7-8,10H2,1-3H3. The third kappa shape index (κ3) is 2.93. The van der Waals surface area contributed by atoms with Crippen molar-refractivity contribution in [3.8, 4) is 0 Å². The Kier molecular flexibility index (Phi) is 3.79. The number of benzene rings is 1. The van der Waals surface area contributed by atoms with Crippen molar-refractivity contribution in [1.82, 2.24) is 4.90 Å². The minimum atomic E-state index is -0.0646. The molecule has 18 heavy (non-hydrogen) atoms. The van der Waals surface area contributed by atoms with Gasteiger partial charge in [0.05, 0.1) is 6.04 Å². The summed E-state index contributed by atoms with van der Waals surface area (Å²) in [5.41, 5.74) is 1.03. The number of carbonyl (C=O) groups excluding carboxylic acids is 1. The summed E-state index contributed by atoms with van der Waals surface area (Å²) in [6.45, 7) is 8.48. The van der Waals surface area contributed by atoms with Gasteiger partial charge in [-0.05, 0) is 37.4 Å². The number of hydrogen-bond donors (Lipinski definition) is 0. The van der Waals surface area contributed by atoms with Crippen molar-refractivity contribution in [2.24, 2.45) is 5.41 Å².